The van der Waals surface area contributed by atoms with Crippen molar-refractivity contribution >= 4 is 35.2 Å². The van der Waals surface area contributed by atoms with E-state index in [-0.39, 0.29) is 12.0 Å². The molecule has 1 aromatic carbocycles. The lowest BCUT2D eigenvalue weighted by molar-refractivity contribution is 0.0529. The molecule has 0 radical (unpaired) electrons. The maximum atomic E-state index is 13.4. The van der Waals surface area contributed by atoms with Gasteiger partial charge >= 0.3 is 0 Å². The summed E-state index contributed by atoms with van der Waals surface area (Å²) >= 11 is 1.57. The number of carbonyl (C=O) groups is 1. The SMILES string of the molecule is CNSc1ccc(C(=O)Nc2cccc(N3CCO[C@H](C)C3)n2)c(N2CCC3(CC2)CC3)c1. The van der Waals surface area contributed by atoms with Gasteiger partial charge in [0.1, 0.15) is 11.6 Å². The number of aromatic nitrogens is 1. The number of hydrogen-bond donors (Lipinski definition) is 2. The van der Waals surface area contributed by atoms with Crippen LogP contribution in [0.15, 0.2) is 41.3 Å². The molecule has 1 saturated carbocycles. The van der Waals surface area contributed by atoms with Gasteiger partial charge in [0.25, 0.3) is 5.91 Å². The molecule has 2 N–H and O–H groups in total. The molecule has 176 valence electrons. The number of benzene rings is 1. The average Bonchev–Trinajstić information content (AvgIpc) is 3.58. The van der Waals surface area contributed by atoms with Gasteiger partial charge in [0.2, 0.25) is 0 Å². The molecule has 2 saturated heterocycles. The minimum atomic E-state index is -0.113. The van der Waals surface area contributed by atoms with Crippen molar-refractivity contribution in [1.82, 2.24) is 9.71 Å². The van der Waals surface area contributed by atoms with Crippen LogP contribution in [0.1, 0.15) is 43.0 Å². The molecule has 8 heteroatoms. The molecule has 3 fully saturated rings. The van der Waals surface area contributed by atoms with Crippen LogP contribution in [0.25, 0.3) is 0 Å². The second-order valence-corrected chi connectivity index (χ2v) is 10.5. The van der Waals surface area contributed by atoms with Gasteiger partial charge in [0.15, 0.2) is 0 Å². The molecule has 3 aliphatic rings. The standard InChI is InChI=1S/C25H33N5O2S/c1-18-17-30(14-15-32-18)23-5-3-4-22(27-23)28-24(31)20-7-6-19(33-26-2)16-21(20)29-12-10-25(8-9-25)11-13-29/h3-7,16,18,26H,8-15,17H2,1-2H3,(H,27,28,31)/t18-/m1/s1. The highest BCUT2D eigenvalue weighted by atomic mass is 32.2. The normalized spacial score (nSPS) is 21.8. The Bertz CT molecular complexity index is 1000. The number of rotatable bonds is 6. The summed E-state index contributed by atoms with van der Waals surface area (Å²) in [4.78, 5) is 23.8. The van der Waals surface area contributed by atoms with Crippen molar-refractivity contribution in [3.05, 3.63) is 42.0 Å². The summed E-state index contributed by atoms with van der Waals surface area (Å²) < 4.78 is 8.79. The largest absolute Gasteiger partial charge is 0.375 e. The van der Waals surface area contributed by atoms with Crippen molar-refractivity contribution in [2.75, 3.05) is 55.0 Å². The number of carbonyl (C=O) groups excluding carboxylic acids is 1. The molecular formula is C25H33N5O2S. The van der Waals surface area contributed by atoms with E-state index in [9.17, 15) is 4.79 Å². The summed E-state index contributed by atoms with van der Waals surface area (Å²) in [6.45, 7) is 6.39. The summed E-state index contributed by atoms with van der Waals surface area (Å²) in [5.41, 5.74) is 2.31. The van der Waals surface area contributed by atoms with Crippen LogP contribution >= 0.6 is 11.9 Å². The van der Waals surface area contributed by atoms with Crippen LogP contribution in [0.3, 0.4) is 0 Å². The summed E-state index contributed by atoms with van der Waals surface area (Å²) in [5.74, 6) is 1.33. The lowest BCUT2D eigenvalue weighted by atomic mass is 9.93. The van der Waals surface area contributed by atoms with Gasteiger partial charge in [0, 0.05) is 31.1 Å². The number of piperidine rings is 1. The third kappa shape index (κ3) is 5.13. The smallest absolute Gasteiger partial charge is 0.258 e. The molecule has 0 unspecified atom stereocenters. The van der Waals surface area contributed by atoms with Crippen LogP contribution in [-0.4, -0.2) is 56.8 Å². The third-order valence-corrected chi connectivity index (χ3v) is 7.79. The monoisotopic (exact) mass is 467 g/mol. The van der Waals surface area contributed by atoms with Crippen LogP contribution in [0, 0.1) is 5.41 Å². The van der Waals surface area contributed by atoms with Crippen LogP contribution < -0.4 is 19.8 Å². The Balaban J connectivity index is 1.35. The Kier molecular flexibility index (Phi) is 6.49. The van der Waals surface area contributed by atoms with E-state index in [1.54, 1.807) is 11.9 Å². The molecule has 7 nitrogen and oxygen atoms in total. The van der Waals surface area contributed by atoms with Gasteiger partial charge in [-0.25, -0.2) is 4.98 Å². The number of amides is 1. The highest BCUT2D eigenvalue weighted by Gasteiger charge is 2.44. The van der Waals surface area contributed by atoms with E-state index in [4.69, 9.17) is 9.72 Å². The van der Waals surface area contributed by atoms with Gasteiger partial charge in [-0.3, -0.25) is 9.52 Å². The van der Waals surface area contributed by atoms with Gasteiger partial charge < -0.3 is 19.9 Å². The molecule has 33 heavy (non-hydrogen) atoms. The molecule has 5 rings (SSSR count). The van der Waals surface area contributed by atoms with E-state index in [0.29, 0.717) is 23.4 Å². The number of nitrogens with one attached hydrogen (secondary N) is 2. The van der Waals surface area contributed by atoms with Crippen molar-refractivity contribution in [3.63, 3.8) is 0 Å². The first-order valence-corrected chi connectivity index (χ1v) is 12.7. The Morgan fingerprint density at radius 3 is 2.67 bits per heavy atom. The van der Waals surface area contributed by atoms with Crippen molar-refractivity contribution in [3.8, 4) is 0 Å². The maximum Gasteiger partial charge on any atom is 0.258 e. The number of ether oxygens (including phenoxy) is 1. The number of hydrogen-bond acceptors (Lipinski definition) is 7. The second kappa shape index (κ2) is 9.52. The molecule has 1 amide bonds. The first-order chi connectivity index (χ1) is 16.0. The predicted octanol–water partition coefficient (Wildman–Crippen LogP) is 4.17. The van der Waals surface area contributed by atoms with Gasteiger partial charge in [-0.05, 0) is 87.3 Å². The minimum absolute atomic E-state index is 0.113. The van der Waals surface area contributed by atoms with Crippen LogP contribution in [0.2, 0.25) is 0 Å². The lowest BCUT2D eigenvalue weighted by Gasteiger charge is -2.35. The fourth-order valence-electron chi connectivity index (χ4n) is 4.92. The van der Waals surface area contributed by atoms with Crippen LogP contribution in [-0.2, 0) is 4.74 Å². The van der Waals surface area contributed by atoms with E-state index >= 15 is 0 Å². The fraction of sp³-hybridized carbons (Fsp3) is 0.520. The van der Waals surface area contributed by atoms with E-state index in [1.807, 2.05) is 37.4 Å². The van der Waals surface area contributed by atoms with Gasteiger partial charge in [-0.2, -0.15) is 0 Å². The molecule has 2 aliphatic heterocycles. The van der Waals surface area contributed by atoms with Crippen molar-refractivity contribution in [2.24, 2.45) is 5.41 Å². The molecule has 3 heterocycles. The topological polar surface area (TPSA) is 69.7 Å². The molecular weight excluding hydrogens is 434 g/mol. The molecule has 1 atom stereocenters. The molecule has 1 spiro atoms. The third-order valence-electron chi connectivity index (χ3n) is 7.10. The van der Waals surface area contributed by atoms with Gasteiger partial charge in [-0.15, -0.1) is 0 Å². The summed E-state index contributed by atoms with van der Waals surface area (Å²) in [6, 6.07) is 11.9. The quantitative estimate of drug-likeness (QED) is 0.618. The number of nitrogens with zero attached hydrogens (tertiary/aromatic N) is 3. The fourth-order valence-corrected chi connectivity index (χ4v) is 5.47. The molecule has 1 aliphatic carbocycles. The van der Waals surface area contributed by atoms with E-state index in [2.05, 4.69) is 32.8 Å². The zero-order valence-electron chi connectivity index (χ0n) is 19.5. The lowest BCUT2D eigenvalue weighted by Crippen LogP contribution is -2.41. The number of morpholine rings is 1. The Morgan fingerprint density at radius 2 is 1.94 bits per heavy atom. The van der Waals surface area contributed by atoms with E-state index in [1.165, 1.54) is 25.7 Å². The maximum absolute atomic E-state index is 13.4. The molecule has 0 bridgehead atoms. The van der Waals surface area contributed by atoms with Gasteiger partial charge in [-0.1, -0.05) is 6.07 Å². The minimum Gasteiger partial charge on any atom is -0.375 e. The van der Waals surface area contributed by atoms with E-state index < -0.39 is 0 Å². The number of anilines is 3. The van der Waals surface area contributed by atoms with Crippen LogP contribution in [0.5, 0.6) is 0 Å². The first-order valence-electron chi connectivity index (χ1n) is 11.9. The summed E-state index contributed by atoms with van der Waals surface area (Å²) in [5, 5.41) is 3.05. The Hall–Kier alpha value is -2.29. The zero-order valence-corrected chi connectivity index (χ0v) is 20.3. The van der Waals surface area contributed by atoms with E-state index in [0.717, 1.165) is 42.6 Å². The first kappa shape index (κ1) is 22.5. The highest BCUT2D eigenvalue weighted by Crippen LogP contribution is 2.54. The van der Waals surface area contributed by atoms with Crippen molar-refractivity contribution in [1.29, 1.82) is 0 Å². The second-order valence-electron chi connectivity index (χ2n) is 9.43. The average molecular weight is 468 g/mol. The molecule has 2 aromatic rings. The van der Waals surface area contributed by atoms with Gasteiger partial charge in [0.05, 0.1) is 24.0 Å². The predicted molar refractivity (Wildman–Crippen MR) is 134 cm³/mol. The zero-order chi connectivity index (χ0) is 22.8. The van der Waals surface area contributed by atoms with Crippen LogP contribution in [0.4, 0.5) is 17.3 Å². The van der Waals surface area contributed by atoms with Crippen molar-refractivity contribution in [2.45, 2.75) is 43.6 Å². The summed E-state index contributed by atoms with van der Waals surface area (Å²) in [7, 11) is 1.91. The Labute approximate surface area is 200 Å². The Morgan fingerprint density at radius 1 is 1.12 bits per heavy atom. The number of pyridine rings is 1. The van der Waals surface area contributed by atoms with Crippen molar-refractivity contribution < 1.29 is 9.53 Å². The summed E-state index contributed by atoms with van der Waals surface area (Å²) in [6.07, 6.45) is 5.36. The highest BCUT2D eigenvalue weighted by molar-refractivity contribution is 7.97. The molecule has 1 aromatic heterocycles.